The number of hydrogen-bond donors (Lipinski definition) is 10. The van der Waals surface area contributed by atoms with Gasteiger partial charge in [-0.15, -0.1) is 0 Å². The molecule has 0 saturated heterocycles. The van der Waals surface area contributed by atoms with Crippen LogP contribution in [0.2, 0.25) is 0 Å². The van der Waals surface area contributed by atoms with Gasteiger partial charge in [0.15, 0.2) is 0 Å². The number of aliphatic carboxylic acids is 2. The van der Waals surface area contributed by atoms with Crippen molar-refractivity contribution >= 4 is 54.1 Å². The zero-order valence-corrected chi connectivity index (χ0v) is 24.4. The summed E-state index contributed by atoms with van der Waals surface area (Å²) in [6.07, 6.45) is -0.727. The number of rotatable bonds is 19. The summed E-state index contributed by atoms with van der Waals surface area (Å²) in [6.45, 7) is 5.52. The van der Waals surface area contributed by atoms with Gasteiger partial charge in [-0.05, 0) is 24.7 Å². The maximum Gasteiger partial charge on any atom is 0.326 e. The Bertz CT molecular complexity index is 948. The van der Waals surface area contributed by atoms with Crippen molar-refractivity contribution in [2.45, 2.75) is 77.2 Å². The number of carboxylic acids is 2. The van der Waals surface area contributed by atoms with Crippen LogP contribution in [0.15, 0.2) is 0 Å². The lowest BCUT2D eigenvalue weighted by Gasteiger charge is -2.25. The molecule has 0 aromatic heterocycles. The lowest BCUT2D eigenvalue weighted by Crippen LogP contribution is -2.59. The molecule has 5 atom stereocenters. The van der Waals surface area contributed by atoms with Crippen molar-refractivity contribution in [2.75, 3.05) is 18.9 Å². The van der Waals surface area contributed by atoms with E-state index in [1.165, 1.54) is 0 Å². The number of nitrogens with one attached hydrogen (secondary N) is 5. The predicted octanol–water partition coefficient (Wildman–Crippen LogP) is -3.06. The summed E-state index contributed by atoms with van der Waals surface area (Å²) in [5.74, 6) is -7.25. The number of aliphatic hydroxyl groups is 1. The zero-order chi connectivity index (χ0) is 31.9. The third-order valence-corrected chi connectivity index (χ3v) is 6.06. The number of aliphatic hydroxyl groups excluding tert-OH is 1. The first-order valence-electron chi connectivity index (χ1n) is 12.9. The maximum absolute atomic E-state index is 12.9. The third kappa shape index (κ3) is 14.7. The topological polar surface area (TPSA) is 266 Å². The van der Waals surface area contributed by atoms with E-state index >= 15 is 0 Å². The summed E-state index contributed by atoms with van der Waals surface area (Å²) in [6, 6.07) is -6.24. The molecule has 0 heterocycles. The first-order chi connectivity index (χ1) is 19.0. The van der Waals surface area contributed by atoms with E-state index in [1.807, 2.05) is 0 Å². The lowest BCUT2D eigenvalue weighted by molar-refractivity contribution is -0.143. The van der Waals surface area contributed by atoms with Crippen molar-refractivity contribution in [3.8, 4) is 0 Å². The molecule has 41 heavy (non-hydrogen) atoms. The molecule has 5 amide bonds. The van der Waals surface area contributed by atoms with E-state index < -0.39 is 91.3 Å². The third-order valence-electron chi connectivity index (χ3n) is 5.70. The molecule has 17 heteroatoms. The van der Waals surface area contributed by atoms with Gasteiger partial charge >= 0.3 is 11.9 Å². The Hall–Kier alpha value is -3.44. The van der Waals surface area contributed by atoms with Crippen LogP contribution in [-0.4, -0.2) is 106 Å². The van der Waals surface area contributed by atoms with Gasteiger partial charge in [0.25, 0.3) is 0 Å². The maximum atomic E-state index is 12.9. The molecule has 0 aliphatic rings. The molecule has 10 N–H and O–H groups in total. The second-order valence-corrected chi connectivity index (χ2v) is 10.4. The van der Waals surface area contributed by atoms with E-state index in [0.29, 0.717) is 0 Å². The normalized spacial score (nSPS) is 14.7. The van der Waals surface area contributed by atoms with E-state index in [1.54, 1.807) is 27.7 Å². The van der Waals surface area contributed by atoms with Gasteiger partial charge in [-0.25, -0.2) is 4.79 Å². The van der Waals surface area contributed by atoms with Gasteiger partial charge in [0.1, 0.15) is 24.2 Å². The van der Waals surface area contributed by atoms with E-state index in [0.717, 1.165) is 0 Å². The fourth-order valence-corrected chi connectivity index (χ4v) is 3.52. The van der Waals surface area contributed by atoms with Crippen LogP contribution in [0, 0.1) is 11.8 Å². The highest BCUT2D eigenvalue weighted by Crippen LogP contribution is 2.06. The van der Waals surface area contributed by atoms with Gasteiger partial charge in [0.2, 0.25) is 29.5 Å². The van der Waals surface area contributed by atoms with Crippen LogP contribution >= 0.6 is 12.6 Å². The molecule has 5 unspecified atom stereocenters. The van der Waals surface area contributed by atoms with E-state index in [2.05, 4.69) is 39.2 Å². The Morgan fingerprint density at radius 3 is 1.76 bits per heavy atom. The van der Waals surface area contributed by atoms with Crippen molar-refractivity contribution in [1.29, 1.82) is 0 Å². The number of nitrogens with two attached hydrogens (primary N) is 1. The number of carboxylic acid groups (broad SMARTS) is 2. The summed E-state index contributed by atoms with van der Waals surface area (Å²) < 4.78 is 0. The summed E-state index contributed by atoms with van der Waals surface area (Å²) in [4.78, 5) is 84.6. The van der Waals surface area contributed by atoms with Gasteiger partial charge in [-0.2, -0.15) is 12.6 Å². The molecule has 0 fully saturated rings. The summed E-state index contributed by atoms with van der Waals surface area (Å²) in [5, 5.41) is 39.0. The number of carbonyl (C=O) groups excluding carboxylic acids is 5. The molecular formula is C24H42N6O10S. The minimum atomic E-state index is -1.48. The van der Waals surface area contributed by atoms with Crippen LogP contribution in [0.5, 0.6) is 0 Å². The highest BCUT2D eigenvalue weighted by atomic mass is 32.1. The van der Waals surface area contributed by atoms with E-state index in [-0.39, 0.29) is 30.4 Å². The molecule has 0 bridgehead atoms. The van der Waals surface area contributed by atoms with Gasteiger partial charge in [-0.3, -0.25) is 28.8 Å². The molecule has 0 spiro atoms. The fourth-order valence-electron chi connectivity index (χ4n) is 3.27. The van der Waals surface area contributed by atoms with Crippen LogP contribution in [0.1, 0.15) is 47.0 Å². The Labute approximate surface area is 243 Å². The van der Waals surface area contributed by atoms with Crippen molar-refractivity contribution < 1.29 is 48.9 Å². The van der Waals surface area contributed by atoms with E-state index in [4.69, 9.17) is 15.9 Å². The Morgan fingerprint density at radius 1 is 0.756 bits per heavy atom. The molecule has 16 nitrogen and oxygen atoms in total. The molecule has 0 aliphatic carbocycles. The number of thiol groups is 1. The average molecular weight is 607 g/mol. The number of amides is 5. The number of carbonyl (C=O) groups is 7. The number of hydrogen-bond acceptors (Lipinski definition) is 10. The molecule has 0 aromatic carbocycles. The Morgan fingerprint density at radius 2 is 1.29 bits per heavy atom. The SMILES string of the molecule is CC(C)CC(NC(=O)C(CS)NC(=O)C(CO)NC(=O)C(N)C(C)C)C(=O)NCC(=O)NC(CCC(=O)O)C(=O)O. The molecule has 0 aromatic rings. The molecule has 0 saturated carbocycles. The van der Waals surface area contributed by atoms with Gasteiger partial charge < -0.3 is 47.6 Å². The van der Waals surface area contributed by atoms with Crippen LogP contribution < -0.4 is 32.3 Å². The van der Waals surface area contributed by atoms with Crippen molar-refractivity contribution in [3.05, 3.63) is 0 Å². The second kappa shape index (κ2) is 18.8. The lowest BCUT2D eigenvalue weighted by atomic mass is 10.0. The predicted molar refractivity (Wildman–Crippen MR) is 148 cm³/mol. The summed E-state index contributed by atoms with van der Waals surface area (Å²) >= 11 is 4.06. The minimum absolute atomic E-state index is 0.101. The van der Waals surface area contributed by atoms with Crippen LogP contribution in [0.3, 0.4) is 0 Å². The van der Waals surface area contributed by atoms with Gasteiger partial charge in [-0.1, -0.05) is 27.7 Å². The molecular weight excluding hydrogens is 564 g/mol. The highest BCUT2D eigenvalue weighted by molar-refractivity contribution is 7.80. The first-order valence-corrected chi connectivity index (χ1v) is 13.6. The second-order valence-electron chi connectivity index (χ2n) is 10.1. The molecule has 234 valence electrons. The van der Waals surface area contributed by atoms with Crippen molar-refractivity contribution in [3.63, 3.8) is 0 Å². The van der Waals surface area contributed by atoms with Crippen LogP contribution in [0.25, 0.3) is 0 Å². The first kappa shape index (κ1) is 37.6. The Kier molecular flexibility index (Phi) is 17.2. The standard InChI is InChI=1S/C24H42N6O10S/c1-11(2)7-14(20(35)26-8-17(32)27-13(24(39)40)5-6-18(33)34)28-22(37)16(10-41)30-21(36)15(9-31)29-23(38)19(25)12(3)4/h11-16,19,31,41H,5-10,25H2,1-4H3,(H,26,35)(H,27,32)(H,28,37)(H,29,38)(H,30,36)(H,33,34)(H,39,40). The largest absolute Gasteiger partial charge is 0.481 e. The Balaban J connectivity index is 5.28. The van der Waals surface area contributed by atoms with Crippen molar-refractivity contribution in [2.24, 2.45) is 17.6 Å². The van der Waals surface area contributed by atoms with Crippen LogP contribution in [0.4, 0.5) is 0 Å². The van der Waals surface area contributed by atoms with Crippen LogP contribution in [-0.2, 0) is 33.6 Å². The average Bonchev–Trinajstić information content (AvgIpc) is 2.89. The zero-order valence-electron chi connectivity index (χ0n) is 23.5. The smallest absolute Gasteiger partial charge is 0.326 e. The van der Waals surface area contributed by atoms with Crippen molar-refractivity contribution in [1.82, 2.24) is 26.6 Å². The minimum Gasteiger partial charge on any atom is -0.481 e. The summed E-state index contributed by atoms with van der Waals surface area (Å²) in [5.41, 5.74) is 5.75. The molecule has 0 rings (SSSR count). The highest BCUT2D eigenvalue weighted by Gasteiger charge is 2.30. The monoisotopic (exact) mass is 606 g/mol. The fraction of sp³-hybridized carbons (Fsp3) is 0.708. The summed E-state index contributed by atoms with van der Waals surface area (Å²) in [7, 11) is 0. The van der Waals surface area contributed by atoms with Gasteiger partial charge in [0.05, 0.1) is 19.2 Å². The molecule has 0 aliphatic heterocycles. The van der Waals surface area contributed by atoms with E-state index in [9.17, 15) is 38.7 Å². The van der Waals surface area contributed by atoms with Gasteiger partial charge in [0, 0.05) is 12.2 Å². The quantitative estimate of drug-likeness (QED) is 0.0660. The molecule has 0 radical (unpaired) electrons.